The minimum absolute atomic E-state index is 0.00662. The minimum Gasteiger partial charge on any atom is -0.467 e. The Labute approximate surface area is 95.7 Å². The van der Waals surface area contributed by atoms with Crippen molar-refractivity contribution in [2.75, 3.05) is 14.2 Å². The van der Waals surface area contributed by atoms with Gasteiger partial charge in [-0.25, -0.2) is 4.79 Å². The summed E-state index contributed by atoms with van der Waals surface area (Å²) in [5.41, 5.74) is 0. The number of carbonyl (C=O) groups is 2. The van der Waals surface area contributed by atoms with E-state index < -0.39 is 6.04 Å². The van der Waals surface area contributed by atoms with E-state index in [1.54, 1.807) is 7.11 Å². The number of methoxy groups -OCH3 is 2. The summed E-state index contributed by atoms with van der Waals surface area (Å²) in [6.45, 7) is 3.78. The summed E-state index contributed by atoms with van der Waals surface area (Å²) in [5, 5.41) is 0. The molecule has 1 amide bonds. The highest BCUT2D eigenvalue weighted by Crippen LogP contribution is 2.26. The Bertz CT molecular complexity index is 277. The van der Waals surface area contributed by atoms with Crippen LogP contribution in [0.3, 0.4) is 0 Å². The zero-order chi connectivity index (χ0) is 12.3. The van der Waals surface area contributed by atoms with Crippen molar-refractivity contribution in [3.05, 3.63) is 0 Å². The molecule has 1 aliphatic rings. The van der Waals surface area contributed by atoms with Gasteiger partial charge in [-0.1, -0.05) is 13.8 Å². The molecule has 1 aliphatic heterocycles. The SMILES string of the molecule is COC(=O)[C@H](C(C)C)N1C(=O)CCC1OC. The van der Waals surface area contributed by atoms with Gasteiger partial charge in [0, 0.05) is 20.0 Å². The predicted molar refractivity (Wildman–Crippen MR) is 57.5 cm³/mol. The molecule has 0 spiro atoms. The van der Waals surface area contributed by atoms with Gasteiger partial charge in [-0.05, 0) is 5.92 Å². The fraction of sp³-hybridized carbons (Fsp3) is 0.818. The second kappa shape index (κ2) is 5.30. The van der Waals surface area contributed by atoms with Gasteiger partial charge in [0.25, 0.3) is 0 Å². The average molecular weight is 229 g/mol. The quantitative estimate of drug-likeness (QED) is 0.668. The van der Waals surface area contributed by atoms with Crippen LogP contribution in [0, 0.1) is 5.92 Å². The van der Waals surface area contributed by atoms with Gasteiger partial charge in [0.15, 0.2) is 0 Å². The van der Waals surface area contributed by atoms with E-state index in [1.165, 1.54) is 12.0 Å². The Morgan fingerprint density at radius 1 is 1.44 bits per heavy atom. The molecule has 5 heteroatoms. The number of hydrogen-bond acceptors (Lipinski definition) is 4. The van der Waals surface area contributed by atoms with Crippen molar-refractivity contribution in [1.29, 1.82) is 0 Å². The van der Waals surface area contributed by atoms with Gasteiger partial charge in [0.2, 0.25) is 5.91 Å². The van der Waals surface area contributed by atoms with Gasteiger partial charge in [0.1, 0.15) is 12.3 Å². The molecule has 0 aromatic rings. The Morgan fingerprint density at radius 3 is 2.50 bits per heavy atom. The number of ether oxygens (including phenoxy) is 2. The van der Waals surface area contributed by atoms with Crippen molar-refractivity contribution < 1.29 is 19.1 Å². The fourth-order valence-corrected chi connectivity index (χ4v) is 2.07. The first-order valence-electron chi connectivity index (χ1n) is 5.44. The molecule has 16 heavy (non-hydrogen) atoms. The van der Waals surface area contributed by atoms with Crippen LogP contribution in [-0.4, -0.2) is 43.3 Å². The first-order chi connectivity index (χ1) is 7.52. The molecular weight excluding hydrogens is 210 g/mol. The summed E-state index contributed by atoms with van der Waals surface area (Å²) >= 11 is 0. The van der Waals surface area contributed by atoms with Crippen molar-refractivity contribution >= 4 is 11.9 Å². The lowest BCUT2D eigenvalue weighted by Gasteiger charge is -2.32. The summed E-state index contributed by atoms with van der Waals surface area (Å²) < 4.78 is 9.96. The number of hydrogen-bond donors (Lipinski definition) is 0. The molecule has 1 unspecified atom stereocenters. The van der Waals surface area contributed by atoms with Gasteiger partial charge >= 0.3 is 5.97 Å². The standard InChI is InChI=1S/C11H19NO4/c1-7(2)10(11(14)16-4)12-8(13)5-6-9(12)15-3/h7,9-10H,5-6H2,1-4H3/t9?,10-/m0/s1. The van der Waals surface area contributed by atoms with Crippen molar-refractivity contribution in [1.82, 2.24) is 4.90 Å². The Balaban J connectivity index is 2.92. The number of likely N-dealkylation sites (tertiary alicyclic amines) is 1. The topological polar surface area (TPSA) is 55.8 Å². The number of rotatable bonds is 4. The van der Waals surface area contributed by atoms with Crippen LogP contribution in [0.5, 0.6) is 0 Å². The van der Waals surface area contributed by atoms with Crippen LogP contribution < -0.4 is 0 Å². The van der Waals surface area contributed by atoms with Gasteiger partial charge < -0.3 is 14.4 Å². The highest BCUT2D eigenvalue weighted by molar-refractivity contribution is 5.86. The Morgan fingerprint density at radius 2 is 2.06 bits per heavy atom. The molecule has 0 bridgehead atoms. The normalized spacial score (nSPS) is 22.7. The Hall–Kier alpha value is -1.10. The lowest BCUT2D eigenvalue weighted by Crippen LogP contribution is -2.50. The molecule has 0 aromatic heterocycles. The van der Waals surface area contributed by atoms with E-state index >= 15 is 0 Å². The molecule has 1 fully saturated rings. The maximum Gasteiger partial charge on any atom is 0.328 e. The first-order valence-corrected chi connectivity index (χ1v) is 5.44. The smallest absolute Gasteiger partial charge is 0.328 e. The molecule has 92 valence electrons. The van der Waals surface area contributed by atoms with E-state index in [0.29, 0.717) is 12.8 Å². The Kier molecular flexibility index (Phi) is 4.29. The molecule has 5 nitrogen and oxygen atoms in total. The van der Waals surface area contributed by atoms with E-state index in [-0.39, 0.29) is 24.0 Å². The lowest BCUT2D eigenvalue weighted by molar-refractivity contribution is -0.161. The number of carbonyl (C=O) groups excluding carboxylic acids is 2. The third-order valence-electron chi connectivity index (χ3n) is 2.85. The molecule has 0 radical (unpaired) electrons. The van der Waals surface area contributed by atoms with Crippen LogP contribution >= 0.6 is 0 Å². The second-order valence-electron chi connectivity index (χ2n) is 4.24. The summed E-state index contributed by atoms with van der Waals surface area (Å²) in [7, 11) is 2.88. The van der Waals surface area contributed by atoms with Gasteiger partial charge in [0.05, 0.1) is 7.11 Å². The van der Waals surface area contributed by atoms with Gasteiger partial charge in [-0.3, -0.25) is 4.79 Å². The van der Waals surface area contributed by atoms with Crippen LogP contribution in [0.1, 0.15) is 26.7 Å². The van der Waals surface area contributed by atoms with E-state index in [4.69, 9.17) is 9.47 Å². The lowest BCUT2D eigenvalue weighted by atomic mass is 10.0. The maximum atomic E-state index is 11.7. The molecule has 0 N–H and O–H groups in total. The van der Waals surface area contributed by atoms with Crippen molar-refractivity contribution in [2.24, 2.45) is 5.92 Å². The minimum atomic E-state index is -0.551. The number of esters is 1. The zero-order valence-electron chi connectivity index (χ0n) is 10.2. The highest BCUT2D eigenvalue weighted by atomic mass is 16.5. The van der Waals surface area contributed by atoms with Crippen LogP contribution in [0.4, 0.5) is 0 Å². The molecule has 0 saturated carbocycles. The molecule has 1 rings (SSSR count). The van der Waals surface area contributed by atoms with Gasteiger partial charge in [-0.2, -0.15) is 0 Å². The first kappa shape index (κ1) is 13.0. The summed E-state index contributed by atoms with van der Waals surface area (Å²) in [6.07, 6.45) is 0.757. The summed E-state index contributed by atoms with van der Waals surface area (Å²) in [4.78, 5) is 24.9. The highest BCUT2D eigenvalue weighted by Gasteiger charge is 2.41. The predicted octanol–water partition coefficient (Wildman–Crippen LogP) is 0.779. The third-order valence-corrected chi connectivity index (χ3v) is 2.85. The number of amides is 1. The van der Waals surface area contributed by atoms with E-state index in [0.717, 1.165) is 0 Å². The second-order valence-corrected chi connectivity index (χ2v) is 4.24. The molecule has 1 saturated heterocycles. The molecule has 2 atom stereocenters. The van der Waals surface area contributed by atoms with Gasteiger partial charge in [-0.15, -0.1) is 0 Å². The molecule has 1 heterocycles. The van der Waals surface area contributed by atoms with E-state index in [9.17, 15) is 9.59 Å². The van der Waals surface area contributed by atoms with E-state index in [2.05, 4.69) is 0 Å². The van der Waals surface area contributed by atoms with Crippen LogP contribution in [-0.2, 0) is 19.1 Å². The third kappa shape index (κ3) is 2.35. The van der Waals surface area contributed by atoms with Crippen molar-refractivity contribution in [3.8, 4) is 0 Å². The molecule has 0 aliphatic carbocycles. The zero-order valence-corrected chi connectivity index (χ0v) is 10.2. The van der Waals surface area contributed by atoms with E-state index in [1.807, 2.05) is 13.8 Å². The summed E-state index contributed by atoms with van der Waals surface area (Å²) in [6, 6.07) is -0.551. The fourth-order valence-electron chi connectivity index (χ4n) is 2.07. The van der Waals surface area contributed by atoms with Crippen molar-refractivity contribution in [3.63, 3.8) is 0 Å². The molecule has 0 aromatic carbocycles. The van der Waals surface area contributed by atoms with Crippen molar-refractivity contribution in [2.45, 2.75) is 39.0 Å². The molecular formula is C11H19NO4. The summed E-state index contributed by atoms with van der Waals surface area (Å²) in [5.74, 6) is -0.421. The van der Waals surface area contributed by atoms with Crippen LogP contribution in [0.2, 0.25) is 0 Å². The van der Waals surface area contributed by atoms with Crippen LogP contribution in [0.25, 0.3) is 0 Å². The monoisotopic (exact) mass is 229 g/mol. The van der Waals surface area contributed by atoms with Crippen LogP contribution in [0.15, 0.2) is 0 Å². The largest absolute Gasteiger partial charge is 0.467 e. The maximum absolute atomic E-state index is 11.7. The average Bonchev–Trinajstić information content (AvgIpc) is 2.60. The number of nitrogens with zero attached hydrogens (tertiary/aromatic N) is 1.